The molecule has 1 aromatic carbocycles. The van der Waals surface area contributed by atoms with Crippen LogP contribution in [0.1, 0.15) is 24.2 Å². The van der Waals surface area contributed by atoms with Crippen LogP contribution < -0.4 is 5.32 Å². The van der Waals surface area contributed by atoms with E-state index in [1.807, 2.05) is 13.8 Å². The van der Waals surface area contributed by atoms with E-state index in [0.717, 1.165) is 4.31 Å². The van der Waals surface area contributed by atoms with Gasteiger partial charge in [-0.15, -0.1) is 0 Å². The molecule has 0 saturated heterocycles. The highest BCUT2D eigenvalue weighted by atomic mass is 35.5. The van der Waals surface area contributed by atoms with Crippen LogP contribution >= 0.6 is 11.6 Å². The largest absolute Gasteiger partial charge is 0.352 e. The Balaban J connectivity index is 3.13. The van der Waals surface area contributed by atoms with E-state index in [1.165, 1.54) is 32.3 Å². The van der Waals surface area contributed by atoms with Crippen molar-refractivity contribution in [2.45, 2.75) is 18.7 Å². The van der Waals surface area contributed by atoms with E-state index < -0.39 is 10.0 Å². The number of carbonyl (C=O) groups is 1. The molecule has 0 bridgehead atoms. The summed E-state index contributed by atoms with van der Waals surface area (Å²) >= 11 is 5.92. The van der Waals surface area contributed by atoms with Crippen molar-refractivity contribution in [3.63, 3.8) is 0 Å². The van der Waals surface area contributed by atoms with Gasteiger partial charge in [-0.2, -0.15) is 0 Å². The lowest BCUT2D eigenvalue weighted by Crippen LogP contribution is -2.28. The summed E-state index contributed by atoms with van der Waals surface area (Å²) in [7, 11) is -0.846. The molecule has 1 rings (SSSR count). The van der Waals surface area contributed by atoms with Crippen molar-refractivity contribution < 1.29 is 13.2 Å². The molecule has 0 fully saturated rings. The van der Waals surface area contributed by atoms with Gasteiger partial charge in [0.25, 0.3) is 5.91 Å². The fourth-order valence-electron chi connectivity index (χ4n) is 1.44. The van der Waals surface area contributed by atoms with E-state index in [0.29, 0.717) is 12.5 Å². The zero-order valence-electron chi connectivity index (χ0n) is 12.0. The molecule has 20 heavy (non-hydrogen) atoms. The summed E-state index contributed by atoms with van der Waals surface area (Å²) < 4.78 is 25.3. The van der Waals surface area contributed by atoms with Gasteiger partial charge in [-0.05, 0) is 24.1 Å². The standard InChI is InChI=1S/C13H19ClN2O3S/c1-9(2)8-15-13(17)10-5-6-11(14)12(7-10)20(18,19)16(3)4/h5-7,9H,8H2,1-4H3,(H,15,17). The Kier molecular flexibility index (Phi) is 5.56. The van der Waals surface area contributed by atoms with Crippen molar-refractivity contribution in [3.8, 4) is 0 Å². The number of benzene rings is 1. The normalized spacial score (nSPS) is 11.9. The molecule has 112 valence electrons. The number of halogens is 1. The zero-order chi connectivity index (χ0) is 15.5. The quantitative estimate of drug-likeness (QED) is 0.902. The van der Waals surface area contributed by atoms with Crippen LogP contribution in [0.5, 0.6) is 0 Å². The predicted octanol–water partition coefficient (Wildman–Crippen LogP) is 1.98. The van der Waals surface area contributed by atoms with E-state index >= 15 is 0 Å². The molecule has 0 aromatic heterocycles. The number of sulfonamides is 1. The summed E-state index contributed by atoms with van der Waals surface area (Å²) in [5.41, 5.74) is 0.274. The van der Waals surface area contributed by atoms with Crippen LogP contribution in [0.3, 0.4) is 0 Å². The Morgan fingerprint density at radius 1 is 1.35 bits per heavy atom. The summed E-state index contributed by atoms with van der Waals surface area (Å²) in [6, 6.07) is 4.22. The number of rotatable bonds is 5. The van der Waals surface area contributed by atoms with Gasteiger partial charge < -0.3 is 5.32 Å². The molecule has 7 heteroatoms. The average molecular weight is 319 g/mol. The monoisotopic (exact) mass is 318 g/mol. The lowest BCUT2D eigenvalue weighted by molar-refractivity contribution is 0.0949. The van der Waals surface area contributed by atoms with Gasteiger partial charge in [0.15, 0.2) is 0 Å². The van der Waals surface area contributed by atoms with Crippen LogP contribution in [0, 0.1) is 5.92 Å². The van der Waals surface area contributed by atoms with Crippen LogP contribution in [-0.4, -0.2) is 39.3 Å². The topological polar surface area (TPSA) is 66.5 Å². The zero-order valence-corrected chi connectivity index (χ0v) is 13.5. The van der Waals surface area contributed by atoms with Crippen LogP contribution in [0.25, 0.3) is 0 Å². The van der Waals surface area contributed by atoms with Gasteiger partial charge >= 0.3 is 0 Å². The van der Waals surface area contributed by atoms with E-state index in [9.17, 15) is 13.2 Å². The van der Waals surface area contributed by atoms with Crippen molar-refractivity contribution in [2.75, 3.05) is 20.6 Å². The predicted molar refractivity (Wildman–Crippen MR) is 79.5 cm³/mol. The molecule has 0 radical (unpaired) electrons. The Bertz CT molecular complexity index is 598. The molecule has 0 spiro atoms. The Hall–Kier alpha value is -1.11. The van der Waals surface area contributed by atoms with E-state index in [4.69, 9.17) is 11.6 Å². The average Bonchev–Trinajstić information content (AvgIpc) is 2.35. The SMILES string of the molecule is CC(C)CNC(=O)c1ccc(Cl)c(S(=O)(=O)N(C)C)c1. The van der Waals surface area contributed by atoms with Crippen molar-refractivity contribution in [1.29, 1.82) is 0 Å². The second-order valence-electron chi connectivity index (χ2n) is 5.04. The summed E-state index contributed by atoms with van der Waals surface area (Å²) in [5, 5.41) is 2.83. The van der Waals surface area contributed by atoms with Crippen LogP contribution in [0.4, 0.5) is 0 Å². The molecule has 1 N–H and O–H groups in total. The lowest BCUT2D eigenvalue weighted by Gasteiger charge is -2.14. The highest BCUT2D eigenvalue weighted by molar-refractivity contribution is 7.89. The smallest absolute Gasteiger partial charge is 0.251 e. The lowest BCUT2D eigenvalue weighted by atomic mass is 10.2. The maximum atomic E-state index is 12.1. The van der Waals surface area contributed by atoms with Gasteiger partial charge in [0.05, 0.1) is 5.02 Å². The molecule has 1 amide bonds. The van der Waals surface area contributed by atoms with Crippen LogP contribution in [0.15, 0.2) is 23.1 Å². The molecule has 0 saturated carbocycles. The Morgan fingerprint density at radius 3 is 2.45 bits per heavy atom. The molecule has 0 heterocycles. The Labute approximate surface area is 125 Å². The first-order valence-corrected chi connectivity index (χ1v) is 7.98. The first-order valence-electron chi connectivity index (χ1n) is 6.16. The second kappa shape index (κ2) is 6.56. The van der Waals surface area contributed by atoms with Gasteiger partial charge in [0.1, 0.15) is 4.90 Å². The molecule has 5 nitrogen and oxygen atoms in total. The highest BCUT2D eigenvalue weighted by Gasteiger charge is 2.22. The third-order valence-corrected chi connectivity index (χ3v) is 4.92. The van der Waals surface area contributed by atoms with Crippen molar-refractivity contribution in [2.24, 2.45) is 5.92 Å². The van der Waals surface area contributed by atoms with Gasteiger partial charge in [-0.1, -0.05) is 25.4 Å². The third-order valence-electron chi connectivity index (χ3n) is 2.62. The molecule has 0 aliphatic carbocycles. The molecule has 0 atom stereocenters. The maximum Gasteiger partial charge on any atom is 0.251 e. The van der Waals surface area contributed by atoms with Gasteiger partial charge in [-0.3, -0.25) is 4.79 Å². The number of nitrogens with one attached hydrogen (secondary N) is 1. The molecule has 0 aliphatic rings. The highest BCUT2D eigenvalue weighted by Crippen LogP contribution is 2.24. The Morgan fingerprint density at radius 2 is 1.95 bits per heavy atom. The summed E-state index contributed by atoms with van der Waals surface area (Å²) in [6.07, 6.45) is 0. The van der Waals surface area contributed by atoms with Gasteiger partial charge in [0, 0.05) is 26.2 Å². The number of amides is 1. The first-order chi connectivity index (χ1) is 9.16. The number of carbonyl (C=O) groups excluding carboxylic acids is 1. The number of hydrogen-bond donors (Lipinski definition) is 1. The number of nitrogens with zero attached hydrogens (tertiary/aromatic N) is 1. The molecule has 1 aromatic rings. The molecule has 0 aliphatic heterocycles. The molecular weight excluding hydrogens is 300 g/mol. The third kappa shape index (κ3) is 3.94. The maximum absolute atomic E-state index is 12.1. The summed E-state index contributed by atoms with van der Waals surface area (Å²) in [4.78, 5) is 11.9. The summed E-state index contributed by atoms with van der Waals surface area (Å²) in [6.45, 7) is 4.48. The van der Waals surface area contributed by atoms with E-state index in [2.05, 4.69) is 5.32 Å². The molecular formula is C13H19ClN2O3S. The van der Waals surface area contributed by atoms with Crippen molar-refractivity contribution in [1.82, 2.24) is 9.62 Å². The minimum absolute atomic E-state index is 0.0682. The first kappa shape index (κ1) is 16.9. The van der Waals surface area contributed by atoms with E-state index in [1.54, 1.807) is 0 Å². The van der Waals surface area contributed by atoms with Gasteiger partial charge in [0.2, 0.25) is 10.0 Å². The molecule has 0 unspecified atom stereocenters. The second-order valence-corrected chi connectivity index (χ2v) is 7.56. The fraction of sp³-hybridized carbons (Fsp3) is 0.462. The number of hydrogen-bond acceptors (Lipinski definition) is 3. The summed E-state index contributed by atoms with van der Waals surface area (Å²) in [5.74, 6) is 0.00167. The fourth-order valence-corrected chi connectivity index (χ4v) is 2.83. The van der Waals surface area contributed by atoms with Crippen LogP contribution in [-0.2, 0) is 10.0 Å². The van der Waals surface area contributed by atoms with Gasteiger partial charge in [-0.25, -0.2) is 12.7 Å². The minimum atomic E-state index is -3.67. The van der Waals surface area contributed by atoms with Crippen molar-refractivity contribution >= 4 is 27.5 Å². The van der Waals surface area contributed by atoms with Crippen LogP contribution in [0.2, 0.25) is 5.02 Å². The van der Waals surface area contributed by atoms with Crippen molar-refractivity contribution in [3.05, 3.63) is 28.8 Å². The minimum Gasteiger partial charge on any atom is -0.352 e. The van der Waals surface area contributed by atoms with E-state index in [-0.39, 0.29) is 21.4 Å².